The van der Waals surface area contributed by atoms with Gasteiger partial charge in [-0.3, -0.25) is 4.79 Å². The summed E-state index contributed by atoms with van der Waals surface area (Å²) in [5.74, 6) is 0.704. The summed E-state index contributed by atoms with van der Waals surface area (Å²) in [6.07, 6.45) is 0. The normalized spacial score (nSPS) is 12.5. The molecule has 1 atom stereocenters. The van der Waals surface area contributed by atoms with Gasteiger partial charge in [0.15, 0.2) is 0 Å². The van der Waals surface area contributed by atoms with Crippen LogP contribution in [0.2, 0.25) is 0 Å². The Morgan fingerprint density at radius 1 is 1.16 bits per heavy atom. The highest BCUT2D eigenvalue weighted by atomic mass is 32.2. The van der Waals surface area contributed by atoms with E-state index in [0.29, 0.717) is 5.69 Å². The lowest BCUT2D eigenvalue weighted by Gasteiger charge is -2.21. The third-order valence-electron chi connectivity index (χ3n) is 3.86. The first-order chi connectivity index (χ1) is 11.7. The molecule has 0 aromatic heterocycles. The quantitative estimate of drug-likeness (QED) is 0.594. The summed E-state index contributed by atoms with van der Waals surface area (Å²) in [4.78, 5) is 13.5. The zero-order valence-electron chi connectivity index (χ0n) is 15.3. The van der Waals surface area contributed by atoms with Crippen LogP contribution < -0.4 is 10.1 Å². The molecular weight excluding hydrogens is 334 g/mol. The summed E-state index contributed by atoms with van der Waals surface area (Å²) < 4.78 is 5.14. The topological polar surface area (TPSA) is 58.6 Å². The Balaban J connectivity index is 2.07. The van der Waals surface area contributed by atoms with Crippen molar-refractivity contribution in [2.24, 2.45) is 0 Å². The first-order valence-electron chi connectivity index (χ1n) is 8.16. The van der Waals surface area contributed by atoms with Gasteiger partial charge in [0.1, 0.15) is 11.5 Å². The summed E-state index contributed by atoms with van der Waals surface area (Å²) in [7, 11) is 1.62. The molecule has 0 bridgehead atoms. The van der Waals surface area contributed by atoms with E-state index in [0.717, 1.165) is 16.2 Å². The number of carbonyl (C=O) groups excluding carboxylic acids is 1. The van der Waals surface area contributed by atoms with Crippen LogP contribution in [-0.4, -0.2) is 23.4 Å². The van der Waals surface area contributed by atoms with Crippen LogP contribution in [0.15, 0.2) is 47.4 Å². The number of phenolic OH excluding ortho intramolecular Hbond substituents is 1. The number of rotatable bonds is 5. The van der Waals surface area contributed by atoms with Gasteiger partial charge in [0.25, 0.3) is 0 Å². The zero-order chi connectivity index (χ0) is 18.6. The van der Waals surface area contributed by atoms with E-state index in [4.69, 9.17) is 4.74 Å². The van der Waals surface area contributed by atoms with Crippen LogP contribution in [0.25, 0.3) is 0 Å². The van der Waals surface area contributed by atoms with E-state index >= 15 is 0 Å². The van der Waals surface area contributed by atoms with Gasteiger partial charge in [-0.2, -0.15) is 0 Å². The van der Waals surface area contributed by atoms with Crippen LogP contribution in [0.1, 0.15) is 33.3 Å². The molecular formula is C20H25NO3S. The van der Waals surface area contributed by atoms with E-state index in [1.54, 1.807) is 13.2 Å². The number of hydrogen-bond donors (Lipinski definition) is 2. The fraction of sp³-hybridized carbons (Fsp3) is 0.350. The molecule has 2 aromatic rings. The number of ether oxygens (including phenoxy) is 1. The van der Waals surface area contributed by atoms with Gasteiger partial charge in [0.05, 0.1) is 18.0 Å². The number of methoxy groups -OCH3 is 1. The lowest BCUT2D eigenvalue weighted by molar-refractivity contribution is -0.115. The smallest absolute Gasteiger partial charge is 0.237 e. The lowest BCUT2D eigenvalue weighted by Crippen LogP contribution is -2.23. The van der Waals surface area contributed by atoms with Crippen LogP contribution >= 0.6 is 11.8 Å². The Bertz CT molecular complexity index is 736. The average Bonchev–Trinajstić information content (AvgIpc) is 2.56. The molecule has 2 aromatic carbocycles. The largest absolute Gasteiger partial charge is 0.506 e. The molecule has 2 rings (SSSR count). The van der Waals surface area contributed by atoms with Crippen LogP contribution in [0.3, 0.4) is 0 Å². The van der Waals surface area contributed by atoms with Gasteiger partial charge in [-0.05, 0) is 54.3 Å². The Labute approximate surface area is 153 Å². The Kier molecular flexibility index (Phi) is 6.01. The predicted molar refractivity (Wildman–Crippen MR) is 104 cm³/mol. The van der Waals surface area contributed by atoms with E-state index in [-0.39, 0.29) is 22.3 Å². The molecule has 0 saturated heterocycles. The number of thioether (sulfide) groups is 1. The van der Waals surface area contributed by atoms with Crippen molar-refractivity contribution < 1.29 is 14.6 Å². The summed E-state index contributed by atoms with van der Waals surface area (Å²) in [5, 5.41) is 12.6. The molecule has 2 N–H and O–H groups in total. The van der Waals surface area contributed by atoms with Gasteiger partial charge < -0.3 is 15.2 Å². The highest BCUT2D eigenvalue weighted by Gasteiger charge is 2.19. The van der Waals surface area contributed by atoms with Crippen molar-refractivity contribution in [1.82, 2.24) is 0 Å². The van der Waals surface area contributed by atoms with Gasteiger partial charge in [0.2, 0.25) is 5.91 Å². The number of aromatic hydroxyl groups is 1. The van der Waals surface area contributed by atoms with Gasteiger partial charge in [0, 0.05) is 4.90 Å². The minimum Gasteiger partial charge on any atom is -0.506 e. The van der Waals surface area contributed by atoms with Gasteiger partial charge in [-0.15, -0.1) is 11.8 Å². The van der Waals surface area contributed by atoms with Crippen molar-refractivity contribution in [3.05, 3.63) is 48.0 Å². The van der Waals surface area contributed by atoms with Crippen molar-refractivity contribution in [3.8, 4) is 11.5 Å². The third kappa shape index (κ3) is 5.16. The SMILES string of the molecule is COc1ccc(SC(C)C(=O)Nc2cc(C(C)(C)C)ccc2O)cc1. The van der Waals surface area contributed by atoms with Gasteiger partial charge in [-0.1, -0.05) is 26.8 Å². The molecule has 0 fully saturated rings. The van der Waals surface area contributed by atoms with Crippen molar-refractivity contribution >= 4 is 23.4 Å². The molecule has 1 unspecified atom stereocenters. The van der Waals surface area contributed by atoms with Crippen LogP contribution in [0, 0.1) is 0 Å². The number of hydrogen-bond acceptors (Lipinski definition) is 4. The summed E-state index contributed by atoms with van der Waals surface area (Å²) in [6.45, 7) is 8.11. The molecule has 5 heteroatoms. The Morgan fingerprint density at radius 3 is 2.36 bits per heavy atom. The van der Waals surface area contributed by atoms with E-state index in [9.17, 15) is 9.90 Å². The molecule has 0 spiro atoms. The van der Waals surface area contributed by atoms with E-state index in [2.05, 4.69) is 26.1 Å². The first kappa shape index (κ1) is 19.2. The Morgan fingerprint density at radius 2 is 1.80 bits per heavy atom. The molecule has 134 valence electrons. The van der Waals surface area contributed by atoms with E-state index in [1.807, 2.05) is 43.3 Å². The fourth-order valence-corrected chi connectivity index (χ4v) is 3.12. The Hall–Kier alpha value is -2.14. The van der Waals surface area contributed by atoms with E-state index in [1.165, 1.54) is 11.8 Å². The van der Waals surface area contributed by atoms with Crippen molar-refractivity contribution in [1.29, 1.82) is 0 Å². The van der Waals surface area contributed by atoms with Crippen LogP contribution in [0.4, 0.5) is 5.69 Å². The molecule has 0 radical (unpaired) electrons. The third-order valence-corrected chi connectivity index (χ3v) is 4.97. The van der Waals surface area contributed by atoms with Crippen molar-refractivity contribution in [2.45, 2.75) is 43.3 Å². The average molecular weight is 359 g/mol. The van der Waals surface area contributed by atoms with E-state index < -0.39 is 0 Å². The summed E-state index contributed by atoms with van der Waals surface area (Å²) in [6, 6.07) is 12.9. The number of carbonyl (C=O) groups is 1. The molecule has 0 heterocycles. The minimum atomic E-state index is -0.300. The highest BCUT2D eigenvalue weighted by Crippen LogP contribution is 2.32. The molecule has 0 saturated carbocycles. The van der Waals surface area contributed by atoms with Gasteiger partial charge >= 0.3 is 0 Å². The molecule has 25 heavy (non-hydrogen) atoms. The van der Waals surface area contributed by atoms with Crippen LogP contribution in [-0.2, 0) is 10.2 Å². The number of amides is 1. The fourth-order valence-electron chi connectivity index (χ4n) is 2.25. The first-order valence-corrected chi connectivity index (χ1v) is 9.04. The molecule has 0 aliphatic carbocycles. The number of benzene rings is 2. The highest BCUT2D eigenvalue weighted by molar-refractivity contribution is 8.00. The predicted octanol–water partition coefficient (Wildman–Crippen LogP) is 4.82. The zero-order valence-corrected chi connectivity index (χ0v) is 16.1. The molecule has 0 aliphatic rings. The van der Waals surface area contributed by atoms with Crippen molar-refractivity contribution in [3.63, 3.8) is 0 Å². The second kappa shape index (κ2) is 7.83. The molecule has 0 aliphatic heterocycles. The maximum absolute atomic E-state index is 12.5. The number of anilines is 1. The van der Waals surface area contributed by atoms with Gasteiger partial charge in [-0.25, -0.2) is 0 Å². The maximum Gasteiger partial charge on any atom is 0.237 e. The minimum absolute atomic E-state index is 0.0589. The number of nitrogens with one attached hydrogen (secondary N) is 1. The van der Waals surface area contributed by atoms with Crippen molar-refractivity contribution in [2.75, 3.05) is 12.4 Å². The summed E-state index contributed by atoms with van der Waals surface area (Å²) >= 11 is 1.46. The molecule has 4 nitrogen and oxygen atoms in total. The maximum atomic E-state index is 12.5. The second-order valence-electron chi connectivity index (χ2n) is 6.91. The standard InChI is InChI=1S/C20H25NO3S/c1-13(25-16-9-7-15(24-5)8-10-16)19(23)21-17-12-14(20(2,3)4)6-11-18(17)22/h6-13,22H,1-5H3,(H,21,23). The molecule has 1 amide bonds. The lowest BCUT2D eigenvalue weighted by atomic mass is 9.87. The summed E-state index contributed by atoms with van der Waals surface area (Å²) in [5.41, 5.74) is 1.44. The monoisotopic (exact) mass is 359 g/mol. The van der Waals surface area contributed by atoms with Crippen LogP contribution in [0.5, 0.6) is 11.5 Å². The number of phenols is 1. The second-order valence-corrected chi connectivity index (χ2v) is 8.32.